The summed E-state index contributed by atoms with van der Waals surface area (Å²) >= 11 is 7.70. The summed E-state index contributed by atoms with van der Waals surface area (Å²) in [6, 6.07) is 26.9. The lowest BCUT2D eigenvalue weighted by Gasteiger charge is -2.26. The van der Waals surface area contributed by atoms with Crippen molar-refractivity contribution in [3.8, 4) is 11.5 Å². The van der Waals surface area contributed by atoms with Gasteiger partial charge in [-0.1, -0.05) is 81.3 Å². The maximum atomic E-state index is 6.45. The lowest BCUT2D eigenvalue weighted by Crippen LogP contribution is -2.01. The zero-order chi connectivity index (χ0) is 22.1. The lowest BCUT2D eigenvalue weighted by molar-refractivity contribution is 0.505. The molecule has 3 aromatic carbocycles. The molecule has 0 amide bonds. The van der Waals surface area contributed by atoms with Crippen LogP contribution in [0.1, 0.15) is 55.6 Å². The van der Waals surface area contributed by atoms with Crippen LogP contribution in [-0.4, -0.2) is 0 Å². The summed E-state index contributed by atoms with van der Waals surface area (Å²) in [7, 11) is 0. The Labute approximate surface area is 196 Å². The molecule has 0 radical (unpaired) electrons. The molecule has 0 aliphatic rings. The van der Waals surface area contributed by atoms with Gasteiger partial charge >= 0.3 is 5.69 Å². The number of hydrogen-bond donors (Lipinski definition) is 0. The SMILES string of the molecule is CCCc1cccc(OP(=S)(Oc2cccc(CCC)c2)SC(C)c2ccccc2)c1. The second kappa shape index (κ2) is 11.8. The van der Waals surface area contributed by atoms with Gasteiger partial charge in [-0.25, -0.2) is 0 Å². The maximum absolute atomic E-state index is 6.45. The van der Waals surface area contributed by atoms with Crippen molar-refractivity contribution in [1.82, 2.24) is 0 Å². The Morgan fingerprint density at radius 2 is 1.29 bits per heavy atom. The minimum atomic E-state index is -2.71. The lowest BCUT2D eigenvalue weighted by atomic mass is 10.1. The highest BCUT2D eigenvalue weighted by molar-refractivity contribution is 8.68. The van der Waals surface area contributed by atoms with E-state index in [0.717, 1.165) is 37.2 Å². The maximum Gasteiger partial charge on any atom is 0.349 e. The molecule has 2 nitrogen and oxygen atoms in total. The van der Waals surface area contributed by atoms with Gasteiger partial charge in [-0.2, -0.15) is 0 Å². The Hall–Kier alpha value is -1.74. The smallest absolute Gasteiger partial charge is 0.349 e. The van der Waals surface area contributed by atoms with Crippen molar-refractivity contribution < 1.29 is 9.05 Å². The highest BCUT2D eigenvalue weighted by atomic mass is 32.9. The molecule has 0 N–H and O–H groups in total. The van der Waals surface area contributed by atoms with Gasteiger partial charge in [-0.05, 0) is 83.9 Å². The topological polar surface area (TPSA) is 18.5 Å². The fourth-order valence-corrected chi connectivity index (χ4v) is 8.90. The molecule has 0 heterocycles. The second-order valence-corrected chi connectivity index (χ2v) is 14.0. The van der Waals surface area contributed by atoms with Crippen LogP contribution < -0.4 is 9.05 Å². The van der Waals surface area contributed by atoms with E-state index in [1.54, 1.807) is 11.4 Å². The van der Waals surface area contributed by atoms with Crippen LogP contribution in [-0.2, 0) is 24.6 Å². The largest absolute Gasteiger partial charge is 0.428 e. The molecule has 1 unspecified atom stereocenters. The van der Waals surface area contributed by atoms with Crippen molar-refractivity contribution in [2.24, 2.45) is 0 Å². The molecule has 0 saturated heterocycles. The van der Waals surface area contributed by atoms with Gasteiger partial charge in [0, 0.05) is 5.25 Å². The van der Waals surface area contributed by atoms with Gasteiger partial charge in [0.15, 0.2) is 0 Å². The van der Waals surface area contributed by atoms with Crippen molar-refractivity contribution in [1.29, 1.82) is 0 Å². The molecule has 3 rings (SSSR count). The third-order valence-corrected chi connectivity index (χ3v) is 9.97. The minimum absolute atomic E-state index is 0.157. The Morgan fingerprint density at radius 1 is 0.774 bits per heavy atom. The van der Waals surface area contributed by atoms with Gasteiger partial charge in [0.05, 0.1) is 0 Å². The number of aryl methyl sites for hydroxylation is 2. The van der Waals surface area contributed by atoms with E-state index in [9.17, 15) is 0 Å². The van der Waals surface area contributed by atoms with Gasteiger partial charge < -0.3 is 9.05 Å². The van der Waals surface area contributed by atoms with Crippen LogP contribution in [0.2, 0.25) is 0 Å². The predicted molar refractivity (Wildman–Crippen MR) is 139 cm³/mol. The van der Waals surface area contributed by atoms with Crippen molar-refractivity contribution in [3.63, 3.8) is 0 Å². The van der Waals surface area contributed by atoms with Crippen LogP contribution in [0.4, 0.5) is 0 Å². The molecule has 0 saturated carbocycles. The van der Waals surface area contributed by atoms with Gasteiger partial charge in [-0.3, -0.25) is 0 Å². The summed E-state index contributed by atoms with van der Waals surface area (Å²) in [6.07, 6.45) is 4.23. The molecule has 3 aromatic rings. The normalized spacial score (nSPS) is 12.4. The third-order valence-electron chi connectivity index (χ3n) is 4.86. The van der Waals surface area contributed by atoms with Crippen molar-refractivity contribution in [3.05, 3.63) is 95.6 Å². The molecule has 0 fully saturated rings. The Balaban J connectivity index is 1.88. The summed E-state index contributed by atoms with van der Waals surface area (Å²) in [6.45, 7) is 6.53. The van der Waals surface area contributed by atoms with Gasteiger partial charge in [-0.15, -0.1) is 0 Å². The first kappa shape index (κ1) is 23.9. The summed E-state index contributed by atoms with van der Waals surface area (Å²) in [4.78, 5) is 0. The number of benzene rings is 3. The molecule has 0 aliphatic carbocycles. The Morgan fingerprint density at radius 3 is 1.77 bits per heavy atom. The zero-order valence-electron chi connectivity index (χ0n) is 18.5. The van der Waals surface area contributed by atoms with Crippen LogP contribution in [0.5, 0.6) is 11.5 Å². The quantitative estimate of drug-likeness (QED) is 0.261. The molecular formula is C26H31O2PS2. The molecule has 0 bridgehead atoms. The Bertz CT molecular complexity index is 952. The molecule has 0 aromatic heterocycles. The van der Waals surface area contributed by atoms with Crippen molar-refractivity contribution >= 4 is 28.9 Å². The number of rotatable bonds is 11. The second-order valence-electron chi connectivity index (χ2n) is 7.58. The van der Waals surface area contributed by atoms with E-state index in [0.29, 0.717) is 0 Å². The van der Waals surface area contributed by atoms with Crippen LogP contribution >= 0.6 is 17.1 Å². The van der Waals surface area contributed by atoms with E-state index in [-0.39, 0.29) is 5.25 Å². The van der Waals surface area contributed by atoms with Gasteiger partial charge in [0.25, 0.3) is 0 Å². The van der Waals surface area contributed by atoms with E-state index in [4.69, 9.17) is 20.9 Å². The van der Waals surface area contributed by atoms with Crippen molar-refractivity contribution in [2.45, 2.75) is 51.7 Å². The first-order valence-electron chi connectivity index (χ1n) is 10.9. The standard InChI is InChI=1S/C26H31O2PS2/c1-4-11-22-13-9-17-25(19-22)27-29(30,31-21(3)24-15-7-6-8-16-24)28-26-18-10-14-23(20-26)12-5-2/h6-10,13-21H,4-5,11-12H2,1-3H3. The average Bonchev–Trinajstić information content (AvgIpc) is 2.75. The first-order valence-corrected chi connectivity index (χ1v) is 15.0. The highest BCUT2D eigenvalue weighted by Gasteiger charge is 2.28. The summed E-state index contributed by atoms with van der Waals surface area (Å²) in [5, 5.41) is 0.157. The van der Waals surface area contributed by atoms with Gasteiger partial charge in [0.2, 0.25) is 0 Å². The van der Waals surface area contributed by atoms with Crippen LogP contribution in [0.3, 0.4) is 0 Å². The van der Waals surface area contributed by atoms with E-state index in [1.807, 2.05) is 30.3 Å². The van der Waals surface area contributed by atoms with Crippen LogP contribution in [0.15, 0.2) is 78.9 Å². The monoisotopic (exact) mass is 470 g/mol. The molecular weight excluding hydrogens is 439 g/mol. The summed E-state index contributed by atoms with van der Waals surface area (Å²) in [5.74, 6) is 1.57. The molecule has 0 spiro atoms. The molecule has 1 atom stereocenters. The number of hydrogen-bond acceptors (Lipinski definition) is 4. The molecule has 0 aliphatic heterocycles. The Kier molecular flexibility index (Phi) is 9.07. The third kappa shape index (κ3) is 7.42. The summed E-state index contributed by atoms with van der Waals surface area (Å²) in [5.41, 5.74) is 1.02. The van der Waals surface area contributed by atoms with E-state index < -0.39 is 5.69 Å². The van der Waals surface area contributed by atoms with Crippen LogP contribution in [0.25, 0.3) is 0 Å². The zero-order valence-corrected chi connectivity index (χ0v) is 21.0. The summed E-state index contributed by atoms with van der Waals surface area (Å²) < 4.78 is 12.9. The predicted octanol–water partition coefficient (Wildman–Crippen LogP) is 8.77. The fraction of sp³-hybridized carbons (Fsp3) is 0.308. The van der Waals surface area contributed by atoms with E-state index >= 15 is 0 Å². The highest BCUT2D eigenvalue weighted by Crippen LogP contribution is 2.64. The molecule has 31 heavy (non-hydrogen) atoms. The average molecular weight is 471 g/mol. The first-order chi connectivity index (χ1) is 15.0. The minimum Gasteiger partial charge on any atom is -0.428 e. The van der Waals surface area contributed by atoms with E-state index in [2.05, 4.69) is 69.3 Å². The van der Waals surface area contributed by atoms with E-state index in [1.165, 1.54) is 16.7 Å². The van der Waals surface area contributed by atoms with Gasteiger partial charge in [0.1, 0.15) is 11.5 Å². The van der Waals surface area contributed by atoms with Crippen LogP contribution in [0, 0.1) is 0 Å². The van der Waals surface area contributed by atoms with Crippen molar-refractivity contribution in [2.75, 3.05) is 0 Å². The molecule has 5 heteroatoms. The molecule has 164 valence electrons. The fourth-order valence-electron chi connectivity index (χ4n) is 3.39.